The van der Waals surface area contributed by atoms with E-state index in [-0.39, 0.29) is 18.4 Å². The van der Waals surface area contributed by atoms with Crippen molar-refractivity contribution in [2.24, 2.45) is 11.8 Å². The quantitative estimate of drug-likeness (QED) is 0.607. The number of amides is 1. The summed E-state index contributed by atoms with van der Waals surface area (Å²) in [5.74, 6) is -1.55. The van der Waals surface area contributed by atoms with E-state index in [0.717, 1.165) is 18.7 Å². The highest BCUT2D eigenvalue weighted by atomic mass is 16.4. The first kappa shape index (κ1) is 13.7. The summed E-state index contributed by atoms with van der Waals surface area (Å²) in [4.78, 5) is 22.7. The van der Waals surface area contributed by atoms with Crippen LogP contribution < -0.4 is 10.6 Å². The summed E-state index contributed by atoms with van der Waals surface area (Å²) < 4.78 is 0. The average Bonchev–Trinajstić information content (AvgIpc) is 2.13. The molecule has 3 N–H and O–H groups in total. The molecule has 1 aliphatic heterocycles. The summed E-state index contributed by atoms with van der Waals surface area (Å²) in [7, 11) is 0. The number of carboxylic acids is 1. The number of aliphatic carboxylic acids is 1. The number of hydrogen-bond acceptors (Lipinski definition) is 3. The first-order valence-corrected chi connectivity index (χ1v) is 5.83. The zero-order chi connectivity index (χ0) is 13.0. The Morgan fingerprint density at radius 2 is 2.00 bits per heavy atom. The van der Waals surface area contributed by atoms with E-state index in [1.54, 1.807) is 6.92 Å². The van der Waals surface area contributed by atoms with Crippen molar-refractivity contribution < 1.29 is 14.7 Å². The SMILES string of the molecule is CC(C(=O)NCC(C(=O)O)C(C)C)=C1CNC1. The fourth-order valence-corrected chi connectivity index (χ4v) is 1.62. The molecule has 0 aromatic carbocycles. The van der Waals surface area contributed by atoms with Gasteiger partial charge in [0.2, 0.25) is 5.91 Å². The minimum Gasteiger partial charge on any atom is -0.481 e. The Morgan fingerprint density at radius 1 is 1.41 bits per heavy atom. The molecule has 1 atom stereocenters. The highest BCUT2D eigenvalue weighted by Crippen LogP contribution is 2.11. The van der Waals surface area contributed by atoms with Crippen LogP contribution in [0.15, 0.2) is 11.1 Å². The van der Waals surface area contributed by atoms with Gasteiger partial charge in [-0.25, -0.2) is 0 Å². The molecule has 1 fully saturated rings. The fraction of sp³-hybridized carbons (Fsp3) is 0.667. The standard InChI is InChI=1S/C12H20N2O3/c1-7(2)10(12(16)17)6-14-11(15)8(3)9-4-13-5-9/h7,10,13H,4-6H2,1-3H3,(H,14,15)(H,16,17). The lowest BCUT2D eigenvalue weighted by molar-refractivity contribution is -0.143. The first-order chi connectivity index (χ1) is 7.93. The maximum absolute atomic E-state index is 11.7. The van der Waals surface area contributed by atoms with Crippen LogP contribution in [-0.2, 0) is 9.59 Å². The van der Waals surface area contributed by atoms with Gasteiger partial charge in [-0.1, -0.05) is 13.8 Å². The zero-order valence-corrected chi connectivity index (χ0v) is 10.5. The van der Waals surface area contributed by atoms with E-state index in [1.807, 2.05) is 13.8 Å². The van der Waals surface area contributed by atoms with Crippen LogP contribution >= 0.6 is 0 Å². The van der Waals surface area contributed by atoms with E-state index in [9.17, 15) is 9.59 Å². The Bertz CT molecular complexity index is 342. The predicted octanol–water partition coefficient (Wildman–Crippen LogP) is 0.379. The maximum Gasteiger partial charge on any atom is 0.308 e. The fourth-order valence-electron chi connectivity index (χ4n) is 1.62. The van der Waals surface area contributed by atoms with Gasteiger partial charge in [0.1, 0.15) is 0 Å². The smallest absolute Gasteiger partial charge is 0.308 e. The average molecular weight is 240 g/mol. The highest BCUT2D eigenvalue weighted by Gasteiger charge is 2.23. The minimum absolute atomic E-state index is 0.00567. The largest absolute Gasteiger partial charge is 0.481 e. The van der Waals surface area contributed by atoms with Gasteiger partial charge >= 0.3 is 5.97 Å². The molecule has 0 radical (unpaired) electrons. The molecule has 1 saturated heterocycles. The Kier molecular flexibility index (Phi) is 4.69. The van der Waals surface area contributed by atoms with Crippen molar-refractivity contribution >= 4 is 11.9 Å². The highest BCUT2D eigenvalue weighted by molar-refractivity contribution is 5.94. The summed E-state index contributed by atoms with van der Waals surface area (Å²) in [6, 6.07) is 0. The van der Waals surface area contributed by atoms with Gasteiger partial charge in [-0.15, -0.1) is 0 Å². The van der Waals surface area contributed by atoms with E-state index < -0.39 is 11.9 Å². The Balaban J connectivity index is 2.49. The summed E-state index contributed by atoms with van der Waals surface area (Å²) in [5.41, 5.74) is 1.80. The Labute approximate surface area is 101 Å². The molecule has 96 valence electrons. The van der Waals surface area contributed by atoms with Crippen LogP contribution in [0, 0.1) is 11.8 Å². The monoisotopic (exact) mass is 240 g/mol. The summed E-state index contributed by atoms with van der Waals surface area (Å²) in [6.45, 7) is 7.15. The van der Waals surface area contributed by atoms with E-state index in [0.29, 0.717) is 5.57 Å². The molecular weight excluding hydrogens is 220 g/mol. The third-order valence-corrected chi connectivity index (χ3v) is 3.15. The third-order valence-electron chi connectivity index (χ3n) is 3.15. The predicted molar refractivity (Wildman–Crippen MR) is 64.5 cm³/mol. The van der Waals surface area contributed by atoms with Gasteiger partial charge in [-0.05, 0) is 18.4 Å². The molecule has 5 heteroatoms. The number of nitrogens with one attached hydrogen (secondary N) is 2. The van der Waals surface area contributed by atoms with Gasteiger partial charge in [0.05, 0.1) is 5.92 Å². The van der Waals surface area contributed by atoms with Crippen molar-refractivity contribution in [3.05, 3.63) is 11.1 Å². The minimum atomic E-state index is -0.865. The maximum atomic E-state index is 11.7. The van der Waals surface area contributed by atoms with Gasteiger partial charge < -0.3 is 15.7 Å². The lowest BCUT2D eigenvalue weighted by atomic mass is 9.96. The third kappa shape index (κ3) is 3.56. The van der Waals surface area contributed by atoms with Crippen LogP contribution in [0.5, 0.6) is 0 Å². The summed E-state index contributed by atoms with van der Waals surface area (Å²) >= 11 is 0. The molecule has 1 unspecified atom stereocenters. The summed E-state index contributed by atoms with van der Waals surface area (Å²) in [5, 5.41) is 14.7. The first-order valence-electron chi connectivity index (χ1n) is 5.83. The van der Waals surface area contributed by atoms with Crippen molar-refractivity contribution in [2.45, 2.75) is 20.8 Å². The van der Waals surface area contributed by atoms with Crippen LogP contribution in [0.2, 0.25) is 0 Å². The molecular formula is C12H20N2O3. The Morgan fingerprint density at radius 3 is 2.35 bits per heavy atom. The number of carbonyl (C=O) groups is 2. The van der Waals surface area contributed by atoms with Crippen LogP contribution in [0.3, 0.4) is 0 Å². The molecule has 17 heavy (non-hydrogen) atoms. The van der Waals surface area contributed by atoms with Gasteiger partial charge in [0.15, 0.2) is 0 Å². The van der Waals surface area contributed by atoms with Crippen LogP contribution in [0.1, 0.15) is 20.8 Å². The molecule has 0 saturated carbocycles. The second-order valence-electron chi connectivity index (χ2n) is 4.73. The molecule has 0 aromatic heterocycles. The number of carboxylic acid groups (broad SMARTS) is 1. The number of hydrogen-bond donors (Lipinski definition) is 3. The van der Waals surface area contributed by atoms with E-state index in [2.05, 4.69) is 10.6 Å². The van der Waals surface area contributed by atoms with Crippen molar-refractivity contribution in [3.63, 3.8) is 0 Å². The lowest BCUT2D eigenvalue weighted by Crippen LogP contribution is -2.40. The molecule has 0 aliphatic carbocycles. The van der Waals surface area contributed by atoms with Crippen LogP contribution in [-0.4, -0.2) is 36.6 Å². The molecule has 0 bridgehead atoms. The molecule has 1 heterocycles. The lowest BCUT2D eigenvalue weighted by Gasteiger charge is -2.22. The van der Waals surface area contributed by atoms with Crippen molar-refractivity contribution in [1.82, 2.24) is 10.6 Å². The topological polar surface area (TPSA) is 78.4 Å². The normalized spacial score (nSPS) is 16.4. The van der Waals surface area contributed by atoms with E-state index in [4.69, 9.17) is 5.11 Å². The molecule has 1 amide bonds. The number of carbonyl (C=O) groups excluding carboxylic acids is 1. The summed E-state index contributed by atoms with van der Waals surface area (Å²) in [6.07, 6.45) is 0. The van der Waals surface area contributed by atoms with Crippen molar-refractivity contribution in [2.75, 3.05) is 19.6 Å². The second kappa shape index (κ2) is 5.82. The van der Waals surface area contributed by atoms with Crippen molar-refractivity contribution in [1.29, 1.82) is 0 Å². The zero-order valence-electron chi connectivity index (χ0n) is 10.5. The molecule has 1 rings (SSSR count). The van der Waals surface area contributed by atoms with Gasteiger partial charge in [0.25, 0.3) is 0 Å². The Hall–Kier alpha value is -1.36. The van der Waals surface area contributed by atoms with Gasteiger partial charge in [-0.2, -0.15) is 0 Å². The molecule has 1 aliphatic rings. The van der Waals surface area contributed by atoms with Gasteiger partial charge in [-0.3, -0.25) is 9.59 Å². The second-order valence-corrected chi connectivity index (χ2v) is 4.73. The molecule has 5 nitrogen and oxygen atoms in total. The molecule has 0 aromatic rings. The van der Waals surface area contributed by atoms with Crippen molar-refractivity contribution in [3.8, 4) is 0 Å². The van der Waals surface area contributed by atoms with E-state index >= 15 is 0 Å². The van der Waals surface area contributed by atoms with Crippen LogP contribution in [0.4, 0.5) is 0 Å². The number of rotatable bonds is 5. The van der Waals surface area contributed by atoms with E-state index in [1.165, 1.54) is 0 Å². The molecule has 0 spiro atoms. The van der Waals surface area contributed by atoms with Gasteiger partial charge in [0, 0.05) is 25.2 Å². The van der Waals surface area contributed by atoms with Crippen LogP contribution in [0.25, 0.3) is 0 Å².